The highest BCUT2D eigenvalue weighted by atomic mass is 19.4. The summed E-state index contributed by atoms with van der Waals surface area (Å²) in [4.78, 5) is 4.40. The van der Waals surface area contributed by atoms with Gasteiger partial charge in [-0.05, 0) is 54.0 Å². The van der Waals surface area contributed by atoms with Crippen LogP contribution in [0, 0.1) is 0 Å². The minimum absolute atomic E-state index is 0.200. The molecule has 23 heavy (non-hydrogen) atoms. The molecule has 1 aliphatic carbocycles. The Labute approximate surface area is 132 Å². The van der Waals surface area contributed by atoms with E-state index in [1.165, 1.54) is 5.56 Å². The Balaban J connectivity index is 1.72. The zero-order valence-corrected chi connectivity index (χ0v) is 12.5. The first-order chi connectivity index (χ1) is 11.0. The summed E-state index contributed by atoms with van der Waals surface area (Å²) in [6, 6.07) is 12.9. The third-order valence-corrected chi connectivity index (χ3v) is 4.95. The SMILES string of the molecule is FC(F)(F)C1(c2ccc(-c3cccc4c3CCC=N4)cc2)CC1. The van der Waals surface area contributed by atoms with Gasteiger partial charge in [-0.3, -0.25) is 4.99 Å². The van der Waals surface area contributed by atoms with E-state index in [0.29, 0.717) is 5.56 Å². The smallest absolute Gasteiger partial charge is 0.261 e. The second-order valence-electron chi connectivity index (χ2n) is 6.31. The van der Waals surface area contributed by atoms with Gasteiger partial charge in [0.25, 0.3) is 0 Å². The fourth-order valence-electron chi connectivity index (χ4n) is 3.43. The summed E-state index contributed by atoms with van der Waals surface area (Å²) in [6.07, 6.45) is -0.0241. The molecule has 0 bridgehead atoms. The molecule has 1 aliphatic heterocycles. The summed E-state index contributed by atoms with van der Waals surface area (Å²) < 4.78 is 39.6. The number of hydrogen-bond acceptors (Lipinski definition) is 1. The molecule has 1 fully saturated rings. The van der Waals surface area contributed by atoms with Gasteiger partial charge >= 0.3 is 6.18 Å². The number of nitrogens with zero attached hydrogens (tertiary/aromatic N) is 1. The van der Waals surface area contributed by atoms with Crippen LogP contribution in [0.3, 0.4) is 0 Å². The van der Waals surface area contributed by atoms with Crippen LogP contribution in [0.15, 0.2) is 47.5 Å². The van der Waals surface area contributed by atoms with E-state index in [1.54, 1.807) is 12.1 Å². The van der Waals surface area contributed by atoms with Crippen LogP contribution in [-0.2, 0) is 11.8 Å². The monoisotopic (exact) mass is 315 g/mol. The normalized spacial score (nSPS) is 18.6. The van der Waals surface area contributed by atoms with E-state index >= 15 is 0 Å². The maximum absolute atomic E-state index is 13.2. The molecule has 0 unspecified atom stereocenters. The second kappa shape index (κ2) is 4.95. The lowest BCUT2D eigenvalue weighted by Gasteiger charge is -2.20. The van der Waals surface area contributed by atoms with Crippen LogP contribution in [0.2, 0.25) is 0 Å². The highest BCUT2D eigenvalue weighted by Crippen LogP contribution is 2.59. The van der Waals surface area contributed by atoms with Crippen molar-refractivity contribution < 1.29 is 13.2 Å². The lowest BCUT2D eigenvalue weighted by atomic mass is 9.90. The molecule has 2 aliphatic rings. The van der Waals surface area contributed by atoms with Gasteiger partial charge in [-0.1, -0.05) is 36.4 Å². The minimum atomic E-state index is -4.16. The first kappa shape index (κ1) is 14.5. The van der Waals surface area contributed by atoms with Crippen LogP contribution >= 0.6 is 0 Å². The fourth-order valence-corrected chi connectivity index (χ4v) is 3.43. The molecule has 0 saturated heterocycles. The molecule has 0 radical (unpaired) electrons. The van der Waals surface area contributed by atoms with Crippen molar-refractivity contribution in [3.8, 4) is 11.1 Å². The van der Waals surface area contributed by atoms with Crippen LogP contribution in [0.1, 0.15) is 30.4 Å². The average molecular weight is 315 g/mol. The Bertz CT molecular complexity index is 768. The topological polar surface area (TPSA) is 12.4 Å². The van der Waals surface area contributed by atoms with Gasteiger partial charge in [0, 0.05) is 6.21 Å². The molecule has 4 rings (SSSR count). The zero-order valence-electron chi connectivity index (χ0n) is 12.5. The standard InChI is InChI=1S/C19H16F3N/c20-19(21,22)18(10-11-18)14-8-6-13(7-9-14)15-3-1-5-17-16(15)4-2-12-23-17/h1,3,5-9,12H,2,4,10-11H2. The molecular formula is C19H16F3N. The van der Waals surface area contributed by atoms with Crippen molar-refractivity contribution >= 4 is 11.9 Å². The van der Waals surface area contributed by atoms with E-state index < -0.39 is 11.6 Å². The number of fused-ring (bicyclic) bond motifs is 1. The largest absolute Gasteiger partial charge is 0.398 e. The van der Waals surface area contributed by atoms with E-state index in [4.69, 9.17) is 0 Å². The molecule has 0 N–H and O–H groups in total. The number of rotatable bonds is 2. The van der Waals surface area contributed by atoms with Crippen molar-refractivity contribution in [3.05, 3.63) is 53.6 Å². The summed E-state index contributed by atoms with van der Waals surface area (Å²) in [5, 5.41) is 0. The van der Waals surface area contributed by atoms with E-state index in [0.717, 1.165) is 29.7 Å². The number of aliphatic imine (C=N–C) groups is 1. The molecular weight excluding hydrogens is 299 g/mol. The van der Waals surface area contributed by atoms with Gasteiger partial charge in [-0.2, -0.15) is 13.2 Å². The van der Waals surface area contributed by atoms with Crippen molar-refractivity contribution in [1.29, 1.82) is 0 Å². The van der Waals surface area contributed by atoms with Crippen LogP contribution in [0.25, 0.3) is 11.1 Å². The number of hydrogen-bond donors (Lipinski definition) is 0. The van der Waals surface area contributed by atoms with Gasteiger partial charge in [0.05, 0.1) is 11.1 Å². The van der Waals surface area contributed by atoms with E-state index in [9.17, 15) is 13.2 Å². The fraction of sp³-hybridized carbons (Fsp3) is 0.316. The molecule has 1 nitrogen and oxygen atoms in total. The Morgan fingerprint density at radius 1 is 0.957 bits per heavy atom. The molecule has 2 aromatic rings. The average Bonchev–Trinajstić information content (AvgIpc) is 3.36. The first-order valence-electron chi connectivity index (χ1n) is 7.83. The van der Waals surface area contributed by atoms with E-state index in [2.05, 4.69) is 4.99 Å². The molecule has 0 spiro atoms. The number of benzene rings is 2. The summed E-state index contributed by atoms with van der Waals surface area (Å²) in [7, 11) is 0. The third-order valence-electron chi connectivity index (χ3n) is 4.95. The maximum Gasteiger partial charge on any atom is 0.398 e. The van der Waals surface area contributed by atoms with Crippen molar-refractivity contribution in [3.63, 3.8) is 0 Å². The van der Waals surface area contributed by atoms with Crippen LogP contribution < -0.4 is 0 Å². The molecule has 2 aromatic carbocycles. The maximum atomic E-state index is 13.2. The Kier molecular flexibility index (Phi) is 3.12. The van der Waals surface area contributed by atoms with Crippen molar-refractivity contribution in [1.82, 2.24) is 0 Å². The molecule has 0 amide bonds. The number of alkyl halides is 3. The van der Waals surface area contributed by atoms with Gasteiger partial charge in [-0.15, -0.1) is 0 Å². The van der Waals surface area contributed by atoms with Gasteiger partial charge in [-0.25, -0.2) is 0 Å². The predicted octanol–water partition coefficient (Wildman–Crippen LogP) is 5.60. The van der Waals surface area contributed by atoms with Gasteiger partial charge < -0.3 is 0 Å². The summed E-state index contributed by atoms with van der Waals surface area (Å²) in [5.74, 6) is 0. The molecule has 0 atom stereocenters. The summed E-state index contributed by atoms with van der Waals surface area (Å²) in [6.45, 7) is 0. The Hall–Kier alpha value is -2.10. The second-order valence-corrected chi connectivity index (χ2v) is 6.31. The van der Waals surface area contributed by atoms with E-state index in [1.807, 2.05) is 36.5 Å². The van der Waals surface area contributed by atoms with Crippen molar-refractivity contribution in [2.75, 3.05) is 0 Å². The summed E-state index contributed by atoms with van der Waals surface area (Å²) >= 11 is 0. The van der Waals surface area contributed by atoms with Crippen LogP contribution in [0.4, 0.5) is 18.9 Å². The highest BCUT2D eigenvalue weighted by molar-refractivity contribution is 5.78. The lowest BCUT2D eigenvalue weighted by Crippen LogP contribution is -2.28. The highest BCUT2D eigenvalue weighted by Gasteiger charge is 2.64. The van der Waals surface area contributed by atoms with Crippen molar-refractivity contribution in [2.45, 2.75) is 37.3 Å². The molecule has 1 saturated carbocycles. The third kappa shape index (κ3) is 2.28. The predicted molar refractivity (Wildman–Crippen MR) is 85.3 cm³/mol. The zero-order chi connectivity index (χ0) is 16.1. The van der Waals surface area contributed by atoms with E-state index in [-0.39, 0.29) is 12.8 Å². The van der Waals surface area contributed by atoms with Gasteiger partial charge in [0.1, 0.15) is 0 Å². The van der Waals surface area contributed by atoms with Gasteiger partial charge in [0.2, 0.25) is 0 Å². The Morgan fingerprint density at radius 3 is 2.35 bits per heavy atom. The molecule has 4 heteroatoms. The number of halogens is 3. The summed E-state index contributed by atoms with van der Waals surface area (Å²) in [5.41, 5.74) is 2.96. The molecule has 1 heterocycles. The van der Waals surface area contributed by atoms with Crippen LogP contribution in [0.5, 0.6) is 0 Å². The molecule has 118 valence electrons. The Morgan fingerprint density at radius 2 is 1.70 bits per heavy atom. The first-order valence-corrected chi connectivity index (χ1v) is 7.83. The minimum Gasteiger partial charge on any atom is -0.261 e. The molecule has 0 aromatic heterocycles. The van der Waals surface area contributed by atoms with Crippen LogP contribution in [-0.4, -0.2) is 12.4 Å². The van der Waals surface area contributed by atoms with Crippen molar-refractivity contribution in [2.24, 2.45) is 4.99 Å². The lowest BCUT2D eigenvalue weighted by molar-refractivity contribution is -0.160. The quantitative estimate of drug-likeness (QED) is 0.684. The van der Waals surface area contributed by atoms with Gasteiger partial charge in [0.15, 0.2) is 0 Å².